The van der Waals surface area contributed by atoms with E-state index < -0.39 is 5.63 Å². The molecule has 3 aromatic rings. The summed E-state index contributed by atoms with van der Waals surface area (Å²) in [5.74, 6) is 0. The maximum absolute atomic E-state index is 12.9. The zero-order valence-electron chi connectivity index (χ0n) is 23.6. The van der Waals surface area contributed by atoms with E-state index in [4.69, 9.17) is 28.1 Å². The van der Waals surface area contributed by atoms with Gasteiger partial charge in [-0.25, -0.2) is 9.48 Å². The zero-order valence-corrected chi connectivity index (χ0v) is 23.6. The van der Waals surface area contributed by atoms with Gasteiger partial charge < -0.3 is 33.0 Å². The van der Waals surface area contributed by atoms with Gasteiger partial charge in [0, 0.05) is 49.9 Å². The number of hydrogen-bond donors (Lipinski definition) is 0. The third kappa shape index (κ3) is 9.08. The van der Waals surface area contributed by atoms with E-state index in [2.05, 4.69) is 34.0 Å². The fraction of sp³-hybridized carbons (Fsp3) is 0.607. The van der Waals surface area contributed by atoms with Gasteiger partial charge in [0.25, 0.3) is 0 Å². The Bertz CT molecular complexity index is 1200. The number of benzene rings is 1. The average molecular weight is 560 g/mol. The van der Waals surface area contributed by atoms with Crippen LogP contribution in [0.5, 0.6) is 0 Å². The second-order valence-electron chi connectivity index (χ2n) is 9.31. The van der Waals surface area contributed by atoms with Gasteiger partial charge in [-0.3, -0.25) is 4.90 Å². The molecular weight excluding hydrogens is 518 g/mol. The molecule has 40 heavy (non-hydrogen) atoms. The highest BCUT2D eigenvalue weighted by atomic mass is 16.6. The third-order valence-corrected chi connectivity index (χ3v) is 6.59. The van der Waals surface area contributed by atoms with Gasteiger partial charge in [0.05, 0.1) is 78.0 Å². The van der Waals surface area contributed by atoms with Gasteiger partial charge in [-0.15, -0.1) is 5.10 Å². The Morgan fingerprint density at radius 2 is 1.38 bits per heavy atom. The standard InChI is InChI=1S/C28H41N5O7/c1-3-32(4-2)25-6-5-23-19-26(28(34)40-27(23)20-25)33-22-24(29-30-33)21-31-7-9-35-11-13-37-15-17-39-18-16-38-14-12-36-10-8-31/h5-6,19-20,22H,3-4,7-18,21H2,1-2H3. The van der Waals surface area contributed by atoms with Crippen LogP contribution < -0.4 is 10.5 Å². The molecule has 1 fully saturated rings. The summed E-state index contributed by atoms with van der Waals surface area (Å²) in [6.45, 7) is 13.1. The number of nitrogens with zero attached hydrogens (tertiary/aromatic N) is 5. The molecule has 0 atom stereocenters. The Kier molecular flexibility index (Phi) is 12.3. The van der Waals surface area contributed by atoms with E-state index in [0.29, 0.717) is 97.0 Å². The Hall–Kier alpha value is -2.87. The average Bonchev–Trinajstić information content (AvgIpc) is 3.42. The summed E-state index contributed by atoms with van der Waals surface area (Å²) < 4.78 is 35.2. The molecule has 3 heterocycles. The van der Waals surface area contributed by atoms with Crippen molar-refractivity contribution >= 4 is 16.7 Å². The molecule has 1 aliphatic rings. The first-order valence-electron chi connectivity index (χ1n) is 14.0. The first-order chi connectivity index (χ1) is 19.7. The fourth-order valence-electron chi connectivity index (χ4n) is 4.39. The number of rotatable bonds is 6. The predicted octanol–water partition coefficient (Wildman–Crippen LogP) is 2.12. The molecule has 0 amide bonds. The van der Waals surface area contributed by atoms with Crippen LogP contribution in [-0.2, 0) is 30.2 Å². The Balaban J connectivity index is 1.39. The molecule has 0 spiro atoms. The van der Waals surface area contributed by atoms with Crippen molar-refractivity contribution in [3.63, 3.8) is 0 Å². The lowest BCUT2D eigenvalue weighted by atomic mass is 10.2. The van der Waals surface area contributed by atoms with E-state index in [1.54, 1.807) is 12.3 Å². The van der Waals surface area contributed by atoms with Crippen LogP contribution in [0.1, 0.15) is 19.5 Å². The van der Waals surface area contributed by atoms with E-state index in [1.165, 1.54) is 4.68 Å². The molecule has 0 aliphatic carbocycles. The van der Waals surface area contributed by atoms with E-state index in [1.807, 2.05) is 18.2 Å². The van der Waals surface area contributed by atoms with Gasteiger partial charge in [0.2, 0.25) is 0 Å². The summed E-state index contributed by atoms with van der Waals surface area (Å²) in [4.78, 5) is 17.3. The molecule has 4 rings (SSSR count). The first-order valence-corrected chi connectivity index (χ1v) is 14.0. The Morgan fingerprint density at radius 1 is 0.800 bits per heavy atom. The highest BCUT2D eigenvalue weighted by Crippen LogP contribution is 2.22. The fourth-order valence-corrected chi connectivity index (χ4v) is 4.39. The highest BCUT2D eigenvalue weighted by Gasteiger charge is 2.14. The quantitative estimate of drug-likeness (QED) is 0.414. The van der Waals surface area contributed by atoms with Crippen molar-refractivity contribution in [3.05, 3.63) is 46.6 Å². The summed E-state index contributed by atoms with van der Waals surface area (Å²) >= 11 is 0. The van der Waals surface area contributed by atoms with Gasteiger partial charge >= 0.3 is 5.63 Å². The third-order valence-electron chi connectivity index (χ3n) is 6.59. The van der Waals surface area contributed by atoms with Crippen LogP contribution in [0.25, 0.3) is 16.7 Å². The number of aromatic nitrogens is 3. The Morgan fingerprint density at radius 3 is 1.95 bits per heavy atom. The van der Waals surface area contributed by atoms with Gasteiger partial charge in [0.1, 0.15) is 5.58 Å². The van der Waals surface area contributed by atoms with Gasteiger partial charge in [-0.2, -0.15) is 0 Å². The number of hydrogen-bond acceptors (Lipinski definition) is 11. The first kappa shape index (κ1) is 30.1. The molecular formula is C28H41N5O7. The maximum atomic E-state index is 12.9. The van der Waals surface area contributed by atoms with Crippen LogP contribution in [0.4, 0.5) is 5.69 Å². The number of fused-ring (bicyclic) bond motifs is 1. The van der Waals surface area contributed by atoms with E-state index in [0.717, 1.165) is 29.9 Å². The SMILES string of the molecule is CCN(CC)c1ccc2cc(-n3cc(CN4CCOCCOCCOCCOCCOCC4)nn3)c(=O)oc2c1. The van der Waals surface area contributed by atoms with Gasteiger partial charge in [0.15, 0.2) is 5.69 Å². The minimum absolute atomic E-state index is 0.318. The lowest BCUT2D eigenvalue weighted by molar-refractivity contribution is -0.0190. The summed E-state index contributed by atoms with van der Waals surface area (Å²) in [6.07, 6.45) is 1.76. The second kappa shape index (κ2) is 16.4. The minimum atomic E-state index is -0.463. The van der Waals surface area contributed by atoms with Crippen molar-refractivity contribution in [3.8, 4) is 5.69 Å². The smallest absolute Gasteiger partial charge is 0.362 e. The molecule has 0 unspecified atom stereocenters. The maximum Gasteiger partial charge on any atom is 0.362 e. The van der Waals surface area contributed by atoms with Crippen molar-refractivity contribution in [2.75, 3.05) is 97.1 Å². The predicted molar refractivity (Wildman–Crippen MR) is 150 cm³/mol. The van der Waals surface area contributed by atoms with E-state index in [9.17, 15) is 4.79 Å². The summed E-state index contributed by atoms with van der Waals surface area (Å²) in [7, 11) is 0. The molecule has 0 bridgehead atoms. The van der Waals surface area contributed by atoms with Gasteiger partial charge in [-0.1, -0.05) is 5.21 Å². The van der Waals surface area contributed by atoms with Crippen LogP contribution in [-0.4, -0.2) is 112 Å². The summed E-state index contributed by atoms with van der Waals surface area (Å²) in [5, 5.41) is 9.36. The van der Waals surface area contributed by atoms with Crippen molar-refractivity contribution < 1.29 is 28.1 Å². The monoisotopic (exact) mass is 559 g/mol. The van der Waals surface area contributed by atoms with Crippen LogP contribution in [0.3, 0.4) is 0 Å². The zero-order chi connectivity index (χ0) is 28.0. The second-order valence-corrected chi connectivity index (χ2v) is 9.31. The van der Waals surface area contributed by atoms with E-state index >= 15 is 0 Å². The molecule has 12 heteroatoms. The van der Waals surface area contributed by atoms with Crippen LogP contribution in [0, 0.1) is 0 Å². The molecule has 12 nitrogen and oxygen atoms in total. The summed E-state index contributed by atoms with van der Waals surface area (Å²) in [5.41, 5.74) is 2.15. The van der Waals surface area contributed by atoms with Crippen molar-refractivity contribution in [2.45, 2.75) is 20.4 Å². The van der Waals surface area contributed by atoms with E-state index in [-0.39, 0.29) is 0 Å². The molecule has 1 aromatic carbocycles. The normalized spacial score (nSPS) is 17.9. The minimum Gasteiger partial charge on any atom is -0.421 e. The molecule has 0 N–H and O–H groups in total. The van der Waals surface area contributed by atoms with Crippen molar-refractivity contribution in [1.82, 2.24) is 19.9 Å². The Labute approximate surface area is 234 Å². The number of ether oxygens (including phenoxy) is 5. The molecule has 0 saturated carbocycles. The molecule has 0 radical (unpaired) electrons. The largest absolute Gasteiger partial charge is 0.421 e. The van der Waals surface area contributed by atoms with Crippen molar-refractivity contribution in [2.24, 2.45) is 0 Å². The van der Waals surface area contributed by atoms with Crippen LogP contribution in [0.2, 0.25) is 0 Å². The van der Waals surface area contributed by atoms with Crippen LogP contribution in [0.15, 0.2) is 39.7 Å². The van der Waals surface area contributed by atoms with Crippen LogP contribution >= 0.6 is 0 Å². The van der Waals surface area contributed by atoms with Gasteiger partial charge in [-0.05, 0) is 32.0 Å². The molecule has 1 aliphatic heterocycles. The summed E-state index contributed by atoms with van der Waals surface area (Å²) in [6, 6.07) is 7.70. The topological polar surface area (TPSA) is 114 Å². The highest BCUT2D eigenvalue weighted by molar-refractivity contribution is 5.82. The van der Waals surface area contributed by atoms with Crippen molar-refractivity contribution in [1.29, 1.82) is 0 Å². The molecule has 2 aromatic heterocycles. The lowest BCUT2D eigenvalue weighted by Gasteiger charge is -2.21. The lowest BCUT2D eigenvalue weighted by Crippen LogP contribution is -2.31. The molecule has 1 saturated heterocycles. The molecule has 220 valence electrons. The number of anilines is 1.